The molecule has 0 radical (unpaired) electrons. The van der Waals surface area contributed by atoms with Gasteiger partial charge in [0, 0.05) is 18.2 Å². The average Bonchev–Trinajstić information content (AvgIpc) is 2.75. The van der Waals surface area contributed by atoms with Crippen LogP contribution in [0.2, 0.25) is 0 Å². The van der Waals surface area contributed by atoms with Crippen molar-refractivity contribution < 1.29 is 32.3 Å². The maximum absolute atomic E-state index is 13.4. The molecule has 0 heterocycles. The predicted octanol–water partition coefficient (Wildman–Crippen LogP) is 2.78. The molecule has 0 fully saturated rings. The number of benzene rings is 2. The fourth-order valence-corrected chi connectivity index (χ4v) is 4.34. The van der Waals surface area contributed by atoms with Gasteiger partial charge in [0.15, 0.2) is 16.4 Å². The molecule has 0 aromatic heterocycles. The van der Waals surface area contributed by atoms with E-state index < -0.39 is 31.5 Å². The Kier molecular flexibility index (Phi) is 7.01. The van der Waals surface area contributed by atoms with Crippen molar-refractivity contribution in [3.05, 3.63) is 64.7 Å². The van der Waals surface area contributed by atoms with Crippen LogP contribution in [0.25, 0.3) is 0 Å². The highest BCUT2D eigenvalue weighted by atomic mass is 32.2. The highest BCUT2D eigenvalue weighted by Gasteiger charge is 2.34. The largest absolute Gasteiger partial charge is 0.493 e. The number of carbonyl (C=O) groups excluding carboxylic acids is 1. The Balaban J connectivity index is 2.84. The lowest BCUT2D eigenvalue weighted by Crippen LogP contribution is -2.33. The number of nitro groups is 1. The van der Waals surface area contributed by atoms with Crippen LogP contribution >= 0.6 is 0 Å². The molecule has 0 saturated carbocycles. The minimum Gasteiger partial charge on any atom is -0.493 e. The van der Waals surface area contributed by atoms with Gasteiger partial charge in [0.05, 0.1) is 44.0 Å². The molecule has 2 aromatic carbocycles. The molecule has 30 heavy (non-hydrogen) atoms. The van der Waals surface area contributed by atoms with Crippen LogP contribution in [0.1, 0.15) is 10.4 Å². The molecule has 160 valence electrons. The number of nitrogens with zero attached hydrogens (tertiary/aromatic N) is 2. The van der Waals surface area contributed by atoms with E-state index in [0.29, 0.717) is 0 Å². The Bertz CT molecular complexity index is 1080. The van der Waals surface area contributed by atoms with Gasteiger partial charge in [0.1, 0.15) is 0 Å². The number of sulfonamides is 1. The summed E-state index contributed by atoms with van der Waals surface area (Å²) in [5.41, 5.74) is -0.858. The lowest BCUT2D eigenvalue weighted by atomic mass is 10.1. The quantitative estimate of drug-likeness (QED) is 0.254. The number of nitro benzene ring substituents is 1. The summed E-state index contributed by atoms with van der Waals surface area (Å²) in [6, 6.07) is 7.45. The average molecular weight is 436 g/mol. The fraction of sp³-hybridized carbons (Fsp3) is 0.211. The molecule has 0 saturated heterocycles. The Morgan fingerprint density at radius 2 is 1.77 bits per heavy atom. The van der Waals surface area contributed by atoms with Gasteiger partial charge in [-0.3, -0.25) is 14.4 Å². The van der Waals surface area contributed by atoms with Crippen LogP contribution in [0.3, 0.4) is 0 Å². The summed E-state index contributed by atoms with van der Waals surface area (Å²) in [5, 5.41) is 11.4. The van der Waals surface area contributed by atoms with Crippen molar-refractivity contribution in [2.75, 3.05) is 32.2 Å². The lowest BCUT2D eigenvalue weighted by Gasteiger charge is -2.26. The van der Waals surface area contributed by atoms with Gasteiger partial charge in [-0.25, -0.2) is 13.2 Å². The van der Waals surface area contributed by atoms with Crippen molar-refractivity contribution in [3.8, 4) is 11.5 Å². The Labute approximate surface area is 173 Å². The summed E-state index contributed by atoms with van der Waals surface area (Å²) in [6.45, 7) is 3.27. The number of hydrogen-bond acceptors (Lipinski definition) is 8. The SMILES string of the molecule is C=CCN(c1cc(OC)c(OC)cc1C(=O)OC)S(=O)(=O)c1ccccc1[N+](=O)[O-]. The number of methoxy groups -OCH3 is 3. The highest BCUT2D eigenvalue weighted by molar-refractivity contribution is 7.93. The van der Waals surface area contributed by atoms with Crippen LogP contribution in [-0.2, 0) is 14.8 Å². The van der Waals surface area contributed by atoms with Crippen molar-refractivity contribution in [3.63, 3.8) is 0 Å². The second-order valence-electron chi connectivity index (χ2n) is 5.77. The summed E-state index contributed by atoms with van der Waals surface area (Å²) in [5.74, 6) is -0.520. The monoisotopic (exact) mass is 436 g/mol. The summed E-state index contributed by atoms with van der Waals surface area (Å²) in [7, 11) is -0.656. The van der Waals surface area contributed by atoms with E-state index in [2.05, 4.69) is 6.58 Å². The summed E-state index contributed by atoms with van der Waals surface area (Å²) < 4.78 is 42.8. The van der Waals surface area contributed by atoms with Gasteiger partial charge in [-0.1, -0.05) is 18.2 Å². The second-order valence-corrected chi connectivity index (χ2v) is 7.60. The van der Waals surface area contributed by atoms with Crippen LogP contribution in [-0.4, -0.2) is 47.2 Å². The first-order chi connectivity index (χ1) is 14.2. The van der Waals surface area contributed by atoms with E-state index in [0.717, 1.165) is 23.5 Å². The molecule has 10 nitrogen and oxygen atoms in total. The highest BCUT2D eigenvalue weighted by Crippen LogP contribution is 2.38. The first-order valence-corrected chi connectivity index (χ1v) is 9.88. The van der Waals surface area contributed by atoms with Crippen molar-refractivity contribution in [1.29, 1.82) is 0 Å². The van der Waals surface area contributed by atoms with Crippen molar-refractivity contribution in [2.24, 2.45) is 0 Å². The third kappa shape index (κ3) is 4.20. The van der Waals surface area contributed by atoms with E-state index in [1.54, 1.807) is 0 Å². The first-order valence-electron chi connectivity index (χ1n) is 8.44. The number of esters is 1. The van der Waals surface area contributed by atoms with E-state index in [-0.39, 0.29) is 29.3 Å². The van der Waals surface area contributed by atoms with Crippen molar-refractivity contribution in [1.82, 2.24) is 0 Å². The van der Waals surface area contributed by atoms with Crippen molar-refractivity contribution >= 4 is 27.4 Å². The van der Waals surface area contributed by atoms with Crippen LogP contribution in [0.4, 0.5) is 11.4 Å². The smallest absolute Gasteiger partial charge is 0.340 e. The molecular formula is C19H20N2O8S. The molecule has 2 aromatic rings. The molecule has 0 aliphatic heterocycles. The van der Waals surface area contributed by atoms with Gasteiger partial charge >= 0.3 is 5.97 Å². The summed E-state index contributed by atoms with van der Waals surface area (Å²) in [6.07, 6.45) is 1.28. The molecular weight excluding hydrogens is 416 g/mol. The third-order valence-electron chi connectivity index (χ3n) is 4.10. The Morgan fingerprint density at radius 3 is 2.30 bits per heavy atom. The number of rotatable bonds is 9. The van der Waals surface area contributed by atoms with Gasteiger partial charge in [0.2, 0.25) is 0 Å². The van der Waals surface area contributed by atoms with Crippen LogP contribution < -0.4 is 13.8 Å². The van der Waals surface area contributed by atoms with E-state index in [1.165, 1.54) is 44.6 Å². The van der Waals surface area contributed by atoms with Crippen LogP contribution in [0, 0.1) is 10.1 Å². The first kappa shape index (κ1) is 22.7. The zero-order valence-corrected chi connectivity index (χ0v) is 17.3. The lowest BCUT2D eigenvalue weighted by molar-refractivity contribution is -0.387. The van der Waals surface area contributed by atoms with Gasteiger partial charge in [-0.05, 0) is 6.07 Å². The van der Waals surface area contributed by atoms with Gasteiger partial charge in [-0.15, -0.1) is 6.58 Å². The van der Waals surface area contributed by atoms with E-state index >= 15 is 0 Å². The molecule has 2 rings (SSSR count). The van der Waals surface area contributed by atoms with E-state index in [1.807, 2.05) is 0 Å². The van der Waals surface area contributed by atoms with Crippen LogP contribution in [0.5, 0.6) is 11.5 Å². The standard InChI is InChI=1S/C19H20N2O8S/c1-5-10-20(30(25,26)18-9-7-6-8-14(18)21(23)24)15-12-17(28-3)16(27-2)11-13(15)19(22)29-4/h5-9,11-12H,1,10H2,2-4H3. The molecule has 0 bridgehead atoms. The van der Waals surface area contributed by atoms with Gasteiger partial charge in [0.25, 0.3) is 15.7 Å². The Hall–Kier alpha value is -3.60. The molecule has 0 aliphatic carbocycles. The Morgan fingerprint density at radius 1 is 1.17 bits per heavy atom. The van der Waals surface area contributed by atoms with Gasteiger partial charge in [-0.2, -0.15) is 0 Å². The molecule has 0 aliphatic rings. The van der Waals surface area contributed by atoms with Crippen LogP contribution in [0.15, 0.2) is 53.9 Å². The topological polar surface area (TPSA) is 125 Å². The molecule has 0 unspecified atom stereocenters. The predicted molar refractivity (Wildman–Crippen MR) is 109 cm³/mol. The number of para-hydroxylation sites is 1. The number of anilines is 1. The van der Waals surface area contributed by atoms with Gasteiger partial charge < -0.3 is 14.2 Å². The zero-order chi connectivity index (χ0) is 22.5. The number of ether oxygens (including phenoxy) is 3. The maximum atomic E-state index is 13.4. The number of hydrogen-bond donors (Lipinski definition) is 0. The van der Waals surface area contributed by atoms with E-state index in [9.17, 15) is 23.3 Å². The minimum atomic E-state index is -4.48. The second kappa shape index (κ2) is 9.27. The zero-order valence-electron chi connectivity index (χ0n) is 16.5. The fourth-order valence-electron chi connectivity index (χ4n) is 2.74. The molecule has 0 atom stereocenters. The third-order valence-corrected chi connectivity index (χ3v) is 5.93. The molecule has 0 amide bonds. The minimum absolute atomic E-state index is 0.113. The number of carbonyl (C=O) groups is 1. The van der Waals surface area contributed by atoms with E-state index in [4.69, 9.17) is 14.2 Å². The normalized spacial score (nSPS) is 10.8. The maximum Gasteiger partial charge on any atom is 0.340 e. The summed E-state index contributed by atoms with van der Waals surface area (Å²) in [4.78, 5) is 22.4. The molecule has 11 heteroatoms. The molecule has 0 N–H and O–H groups in total. The summed E-state index contributed by atoms with van der Waals surface area (Å²) >= 11 is 0. The molecule has 0 spiro atoms. The van der Waals surface area contributed by atoms with Crippen molar-refractivity contribution in [2.45, 2.75) is 4.90 Å².